The van der Waals surface area contributed by atoms with Crippen molar-refractivity contribution in [2.45, 2.75) is 51.1 Å². The molecule has 196 valence electrons. The van der Waals surface area contributed by atoms with Crippen LogP contribution in [-0.4, -0.2) is 79.6 Å². The SMILES string of the molecule is CC[C@H](NC(=O)[C@H]1CCCN1C(=O)[C@H]1CCCN(S(=O)(=O)N2CC(C#N)C2)C1)c1ccc(OC)cc1. The second-order valence-corrected chi connectivity index (χ2v) is 11.7. The quantitative estimate of drug-likeness (QED) is 0.560. The maximum Gasteiger partial charge on any atom is 0.282 e. The topological polar surface area (TPSA) is 123 Å². The van der Waals surface area contributed by atoms with Gasteiger partial charge < -0.3 is 15.0 Å². The van der Waals surface area contributed by atoms with E-state index in [2.05, 4.69) is 11.4 Å². The van der Waals surface area contributed by atoms with Crippen LogP contribution in [0.15, 0.2) is 24.3 Å². The van der Waals surface area contributed by atoms with Crippen LogP contribution in [0.5, 0.6) is 5.75 Å². The van der Waals surface area contributed by atoms with E-state index in [1.807, 2.05) is 31.2 Å². The summed E-state index contributed by atoms with van der Waals surface area (Å²) >= 11 is 0. The number of likely N-dealkylation sites (tertiary alicyclic amines) is 1. The van der Waals surface area contributed by atoms with Gasteiger partial charge in [-0.2, -0.15) is 22.3 Å². The number of ether oxygens (including phenoxy) is 1. The number of benzene rings is 1. The van der Waals surface area contributed by atoms with Crippen molar-refractivity contribution in [1.29, 1.82) is 5.26 Å². The van der Waals surface area contributed by atoms with Gasteiger partial charge in [0.25, 0.3) is 10.2 Å². The Hall–Kier alpha value is -2.68. The molecule has 3 heterocycles. The zero-order valence-corrected chi connectivity index (χ0v) is 21.7. The Kier molecular flexibility index (Phi) is 8.17. The predicted octanol–water partition coefficient (Wildman–Crippen LogP) is 1.67. The first-order chi connectivity index (χ1) is 17.3. The first kappa shape index (κ1) is 26.4. The molecular formula is C25H35N5O5S. The molecule has 3 fully saturated rings. The van der Waals surface area contributed by atoms with Crippen molar-refractivity contribution in [3.8, 4) is 11.8 Å². The van der Waals surface area contributed by atoms with Crippen LogP contribution < -0.4 is 10.1 Å². The molecule has 0 radical (unpaired) electrons. The molecule has 0 spiro atoms. The lowest BCUT2D eigenvalue weighted by Crippen LogP contribution is -2.57. The molecule has 3 saturated heterocycles. The minimum Gasteiger partial charge on any atom is -0.497 e. The molecule has 0 bridgehead atoms. The molecule has 1 aromatic rings. The summed E-state index contributed by atoms with van der Waals surface area (Å²) < 4.78 is 33.8. The smallest absolute Gasteiger partial charge is 0.282 e. The van der Waals surface area contributed by atoms with Crippen molar-refractivity contribution < 1.29 is 22.7 Å². The highest BCUT2D eigenvalue weighted by Gasteiger charge is 2.44. The highest BCUT2D eigenvalue weighted by atomic mass is 32.2. The van der Waals surface area contributed by atoms with Crippen LogP contribution in [0, 0.1) is 23.2 Å². The molecule has 0 unspecified atom stereocenters. The summed E-state index contributed by atoms with van der Waals surface area (Å²) in [6.07, 6.45) is 3.22. The second-order valence-electron chi connectivity index (χ2n) is 9.78. The summed E-state index contributed by atoms with van der Waals surface area (Å²) in [6, 6.07) is 8.94. The second kappa shape index (κ2) is 11.2. The van der Waals surface area contributed by atoms with Gasteiger partial charge >= 0.3 is 0 Å². The minimum absolute atomic E-state index is 0.114. The highest BCUT2D eigenvalue weighted by molar-refractivity contribution is 7.86. The van der Waals surface area contributed by atoms with E-state index >= 15 is 0 Å². The first-order valence-corrected chi connectivity index (χ1v) is 14.1. The molecule has 2 amide bonds. The third-order valence-electron chi connectivity index (χ3n) is 7.50. The number of rotatable bonds is 8. The number of amides is 2. The number of nitriles is 1. The number of hydrogen-bond donors (Lipinski definition) is 1. The predicted molar refractivity (Wildman–Crippen MR) is 133 cm³/mol. The molecule has 1 aromatic carbocycles. The Labute approximate surface area is 213 Å². The summed E-state index contributed by atoms with van der Waals surface area (Å²) in [5.41, 5.74) is 0.972. The van der Waals surface area contributed by atoms with Crippen LogP contribution in [-0.2, 0) is 19.8 Å². The fourth-order valence-electron chi connectivity index (χ4n) is 5.29. The van der Waals surface area contributed by atoms with Gasteiger partial charge in [0.2, 0.25) is 11.8 Å². The van der Waals surface area contributed by atoms with Gasteiger partial charge in [0.1, 0.15) is 11.8 Å². The highest BCUT2D eigenvalue weighted by Crippen LogP contribution is 2.29. The van der Waals surface area contributed by atoms with Gasteiger partial charge in [0, 0.05) is 32.7 Å². The molecule has 1 N–H and O–H groups in total. The van der Waals surface area contributed by atoms with Crippen molar-refractivity contribution in [2.75, 3.05) is 39.8 Å². The Morgan fingerprint density at radius 3 is 2.44 bits per heavy atom. The molecule has 0 aromatic heterocycles. The number of nitrogens with zero attached hydrogens (tertiary/aromatic N) is 4. The first-order valence-electron chi connectivity index (χ1n) is 12.7. The third kappa shape index (κ3) is 5.36. The van der Waals surface area contributed by atoms with Crippen LogP contribution in [0.25, 0.3) is 0 Å². The van der Waals surface area contributed by atoms with Gasteiger partial charge in [0.05, 0.1) is 31.1 Å². The largest absolute Gasteiger partial charge is 0.497 e. The minimum atomic E-state index is -3.69. The fraction of sp³-hybridized carbons (Fsp3) is 0.640. The number of methoxy groups -OCH3 is 1. The molecule has 11 heteroatoms. The van der Waals surface area contributed by atoms with Gasteiger partial charge in [0.15, 0.2) is 0 Å². The summed E-state index contributed by atoms with van der Waals surface area (Å²) in [7, 11) is -2.08. The molecule has 4 rings (SSSR count). The maximum atomic E-state index is 13.5. The van der Waals surface area contributed by atoms with Crippen molar-refractivity contribution in [2.24, 2.45) is 11.8 Å². The Bertz CT molecular complexity index is 1100. The van der Waals surface area contributed by atoms with Gasteiger partial charge in [-0.1, -0.05) is 19.1 Å². The molecule has 10 nitrogen and oxygen atoms in total. The molecule has 0 saturated carbocycles. The van der Waals surface area contributed by atoms with Crippen molar-refractivity contribution in [1.82, 2.24) is 18.8 Å². The van der Waals surface area contributed by atoms with Crippen LogP contribution in [0.4, 0.5) is 0 Å². The molecule has 36 heavy (non-hydrogen) atoms. The van der Waals surface area contributed by atoms with E-state index < -0.39 is 22.2 Å². The molecule has 3 aliphatic rings. The lowest BCUT2D eigenvalue weighted by Gasteiger charge is -2.41. The number of carbonyl (C=O) groups is 2. The number of carbonyl (C=O) groups excluding carboxylic acids is 2. The number of piperidine rings is 1. The van der Waals surface area contributed by atoms with E-state index in [-0.39, 0.29) is 43.4 Å². The van der Waals surface area contributed by atoms with E-state index in [1.165, 1.54) is 8.61 Å². The van der Waals surface area contributed by atoms with Crippen molar-refractivity contribution >= 4 is 22.0 Å². The zero-order chi connectivity index (χ0) is 25.9. The van der Waals surface area contributed by atoms with Gasteiger partial charge in [-0.3, -0.25) is 9.59 Å². The fourth-order valence-corrected chi connectivity index (χ4v) is 7.08. The Morgan fingerprint density at radius 1 is 1.11 bits per heavy atom. The normalized spacial score (nSPS) is 24.5. The maximum absolute atomic E-state index is 13.5. The lowest BCUT2D eigenvalue weighted by atomic mass is 9.97. The van der Waals surface area contributed by atoms with Gasteiger partial charge in [-0.15, -0.1) is 0 Å². The molecule has 3 aliphatic heterocycles. The average molecular weight is 518 g/mol. The van der Waals surface area contributed by atoms with Gasteiger partial charge in [-0.25, -0.2) is 0 Å². The van der Waals surface area contributed by atoms with E-state index in [0.29, 0.717) is 38.8 Å². The summed E-state index contributed by atoms with van der Waals surface area (Å²) in [5, 5.41) is 12.1. The average Bonchev–Trinajstić information content (AvgIpc) is 3.36. The summed E-state index contributed by atoms with van der Waals surface area (Å²) in [5.74, 6) is -0.320. The number of nitrogens with one attached hydrogen (secondary N) is 1. The van der Waals surface area contributed by atoms with Gasteiger partial charge in [-0.05, 0) is 49.8 Å². The zero-order valence-electron chi connectivity index (χ0n) is 20.9. The molecular weight excluding hydrogens is 482 g/mol. The van der Waals surface area contributed by atoms with Crippen molar-refractivity contribution in [3.05, 3.63) is 29.8 Å². The number of hydrogen-bond acceptors (Lipinski definition) is 6. The van der Waals surface area contributed by atoms with E-state index in [1.54, 1.807) is 12.0 Å². The van der Waals surface area contributed by atoms with E-state index in [4.69, 9.17) is 10.00 Å². The molecule has 0 aliphatic carbocycles. The van der Waals surface area contributed by atoms with E-state index in [0.717, 1.165) is 17.7 Å². The Morgan fingerprint density at radius 2 is 1.81 bits per heavy atom. The lowest BCUT2D eigenvalue weighted by molar-refractivity contribution is -0.142. The van der Waals surface area contributed by atoms with Crippen LogP contribution in [0.2, 0.25) is 0 Å². The van der Waals surface area contributed by atoms with Crippen molar-refractivity contribution in [3.63, 3.8) is 0 Å². The standard InChI is InChI=1S/C25H35N5O5S/c1-3-22(19-8-10-21(35-2)11-9-19)27-24(31)23-7-5-13-30(23)25(32)20-6-4-12-28(17-20)36(33,34)29-15-18(14-26)16-29/h8-11,18,20,22-23H,3-7,12-13,15-17H2,1-2H3,(H,27,31)/t20-,22-,23+/m0/s1. The summed E-state index contributed by atoms with van der Waals surface area (Å²) in [4.78, 5) is 28.4. The third-order valence-corrected chi connectivity index (χ3v) is 9.43. The van der Waals surface area contributed by atoms with Crippen LogP contribution in [0.1, 0.15) is 50.6 Å². The molecule has 3 atom stereocenters. The van der Waals surface area contributed by atoms with E-state index in [9.17, 15) is 18.0 Å². The monoisotopic (exact) mass is 517 g/mol. The van der Waals surface area contributed by atoms with Crippen LogP contribution >= 0.6 is 0 Å². The summed E-state index contributed by atoms with van der Waals surface area (Å²) in [6.45, 7) is 3.38. The van der Waals surface area contributed by atoms with Crippen LogP contribution in [0.3, 0.4) is 0 Å². The Balaban J connectivity index is 1.39.